The van der Waals surface area contributed by atoms with Gasteiger partial charge in [0, 0.05) is 30.5 Å². The van der Waals surface area contributed by atoms with Crippen molar-refractivity contribution in [2.24, 2.45) is 0 Å². The van der Waals surface area contributed by atoms with E-state index in [9.17, 15) is 13.5 Å². The molecule has 35 heavy (non-hydrogen) atoms. The molecule has 2 aromatic carbocycles. The third-order valence-electron chi connectivity index (χ3n) is 5.75. The topological polar surface area (TPSA) is 96.2 Å². The van der Waals surface area contributed by atoms with E-state index in [-0.39, 0.29) is 10.4 Å². The first-order valence-electron chi connectivity index (χ1n) is 11.4. The van der Waals surface area contributed by atoms with Crippen LogP contribution in [0.2, 0.25) is 0 Å². The molecule has 0 spiro atoms. The minimum atomic E-state index is -3.69. The van der Waals surface area contributed by atoms with Crippen LogP contribution in [0.5, 0.6) is 0 Å². The van der Waals surface area contributed by atoms with Crippen molar-refractivity contribution in [3.05, 3.63) is 90.2 Å². The van der Waals surface area contributed by atoms with Crippen molar-refractivity contribution >= 4 is 27.0 Å². The molecule has 0 saturated heterocycles. The molecule has 184 valence electrons. The number of nitrogens with one attached hydrogen (secondary N) is 2. The van der Waals surface area contributed by atoms with Gasteiger partial charge >= 0.3 is 0 Å². The van der Waals surface area contributed by atoms with E-state index in [4.69, 9.17) is 0 Å². The zero-order valence-electron chi connectivity index (χ0n) is 19.8. The van der Waals surface area contributed by atoms with Crippen molar-refractivity contribution < 1.29 is 13.5 Å². The first kappa shape index (κ1) is 25.1. The molecule has 0 saturated carbocycles. The van der Waals surface area contributed by atoms with Gasteiger partial charge in [-0.2, -0.15) is 0 Å². The summed E-state index contributed by atoms with van der Waals surface area (Å²) in [5, 5.41) is 16.2. The zero-order valence-corrected chi connectivity index (χ0v) is 21.4. The van der Waals surface area contributed by atoms with Gasteiger partial charge in [-0.25, -0.2) is 13.4 Å². The lowest BCUT2D eigenvalue weighted by Gasteiger charge is -2.28. The van der Waals surface area contributed by atoms with Crippen molar-refractivity contribution in [1.82, 2.24) is 14.9 Å². The average molecular weight is 511 g/mol. The Labute approximate surface area is 210 Å². The standard InChI is InChI=1S/C26H30N4O3S2/c1-26(2,13-14-30-18-23(27-19-30)25-12-7-15-34-25)28-17-24(31)20-8-6-9-21(16-20)29-35(32,33)22-10-4-3-5-11-22/h3-12,15-16,18-19,24,28-29,31H,13-14,17H2,1-2H3. The molecule has 0 bridgehead atoms. The first-order chi connectivity index (χ1) is 16.7. The third-order valence-corrected chi connectivity index (χ3v) is 8.04. The van der Waals surface area contributed by atoms with E-state index in [2.05, 4.69) is 45.7 Å². The summed E-state index contributed by atoms with van der Waals surface area (Å²) in [6, 6.07) is 19.1. The number of sulfonamides is 1. The quantitative estimate of drug-likeness (QED) is 0.267. The smallest absolute Gasteiger partial charge is 0.261 e. The maximum atomic E-state index is 12.6. The van der Waals surface area contributed by atoms with Gasteiger partial charge < -0.3 is 15.0 Å². The van der Waals surface area contributed by atoms with Gasteiger partial charge in [0.15, 0.2) is 0 Å². The van der Waals surface area contributed by atoms with Crippen molar-refractivity contribution in [2.75, 3.05) is 11.3 Å². The number of imidazole rings is 1. The van der Waals surface area contributed by atoms with Gasteiger partial charge in [0.05, 0.1) is 27.9 Å². The highest BCUT2D eigenvalue weighted by molar-refractivity contribution is 7.92. The van der Waals surface area contributed by atoms with Gasteiger partial charge in [-0.1, -0.05) is 36.4 Å². The first-order valence-corrected chi connectivity index (χ1v) is 13.7. The highest BCUT2D eigenvalue weighted by atomic mass is 32.2. The molecule has 0 amide bonds. The Kier molecular flexibility index (Phi) is 7.71. The molecule has 7 nitrogen and oxygen atoms in total. The number of aliphatic hydroxyl groups is 1. The van der Waals surface area contributed by atoms with Crippen LogP contribution in [0, 0.1) is 0 Å². The van der Waals surface area contributed by atoms with E-state index in [1.807, 2.05) is 17.8 Å². The summed E-state index contributed by atoms with van der Waals surface area (Å²) in [6.45, 7) is 5.33. The number of hydrogen-bond donors (Lipinski definition) is 3. The molecule has 2 heterocycles. The molecular formula is C26H30N4O3S2. The molecule has 0 aliphatic rings. The number of aryl methyl sites for hydroxylation is 1. The lowest BCUT2D eigenvalue weighted by atomic mass is 9.99. The Morgan fingerprint density at radius 1 is 1.09 bits per heavy atom. The number of aliphatic hydroxyl groups excluding tert-OH is 1. The van der Waals surface area contributed by atoms with Crippen molar-refractivity contribution in [1.29, 1.82) is 0 Å². The number of β-amino-alcohol motifs (C(OH)–C–C–N with tert-alkyl or cyclic N) is 1. The number of hydrogen-bond acceptors (Lipinski definition) is 6. The van der Waals surface area contributed by atoms with E-state index in [1.54, 1.807) is 65.9 Å². The molecule has 4 rings (SSSR count). The van der Waals surface area contributed by atoms with Crippen LogP contribution in [0.25, 0.3) is 10.6 Å². The Morgan fingerprint density at radius 2 is 1.89 bits per heavy atom. The SMILES string of the molecule is CC(C)(CCn1cnc(-c2cccs2)c1)NCC(O)c1cccc(NS(=O)(=O)c2ccccc2)c1. The van der Waals surface area contributed by atoms with Crippen LogP contribution in [0.4, 0.5) is 5.69 Å². The second-order valence-corrected chi connectivity index (χ2v) is 11.7. The van der Waals surface area contributed by atoms with Gasteiger partial charge in [0.25, 0.3) is 10.0 Å². The second-order valence-electron chi connectivity index (χ2n) is 9.05. The number of thiophene rings is 1. The Morgan fingerprint density at radius 3 is 2.63 bits per heavy atom. The lowest BCUT2D eigenvalue weighted by molar-refractivity contribution is 0.158. The van der Waals surface area contributed by atoms with Gasteiger partial charge in [0.1, 0.15) is 0 Å². The molecule has 2 aromatic heterocycles. The Bertz CT molecular complexity index is 1330. The second kappa shape index (κ2) is 10.7. The molecule has 0 radical (unpaired) electrons. The maximum absolute atomic E-state index is 12.6. The van der Waals surface area contributed by atoms with Crippen molar-refractivity contribution in [3.8, 4) is 10.6 Å². The van der Waals surface area contributed by atoms with Crippen molar-refractivity contribution in [3.63, 3.8) is 0 Å². The predicted octanol–water partition coefficient (Wildman–Crippen LogP) is 4.90. The number of rotatable bonds is 11. The predicted molar refractivity (Wildman–Crippen MR) is 141 cm³/mol. The number of anilines is 1. The fourth-order valence-corrected chi connectivity index (χ4v) is 5.40. The summed E-state index contributed by atoms with van der Waals surface area (Å²) in [5.74, 6) is 0. The molecule has 4 aromatic rings. The minimum Gasteiger partial charge on any atom is -0.387 e. The number of benzene rings is 2. The summed E-state index contributed by atoms with van der Waals surface area (Å²) < 4.78 is 29.9. The molecule has 0 aliphatic heterocycles. The third kappa shape index (κ3) is 6.79. The van der Waals surface area contributed by atoms with Crippen LogP contribution < -0.4 is 10.0 Å². The summed E-state index contributed by atoms with van der Waals surface area (Å²) in [6.07, 6.45) is 3.96. The summed E-state index contributed by atoms with van der Waals surface area (Å²) in [7, 11) is -3.69. The normalized spacial score (nSPS) is 13.0. The summed E-state index contributed by atoms with van der Waals surface area (Å²) >= 11 is 1.67. The van der Waals surface area contributed by atoms with Crippen LogP contribution in [0.3, 0.4) is 0 Å². The maximum Gasteiger partial charge on any atom is 0.261 e. The Balaban J connectivity index is 1.32. The minimum absolute atomic E-state index is 0.190. The zero-order chi connectivity index (χ0) is 24.9. The largest absolute Gasteiger partial charge is 0.387 e. The summed E-state index contributed by atoms with van der Waals surface area (Å²) in [4.78, 5) is 5.83. The molecule has 9 heteroatoms. The number of nitrogens with zero attached hydrogens (tertiary/aromatic N) is 2. The lowest BCUT2D eigenvalue weighted by Crippen LogP contribution is -2.42. The van der Waals surface area contributed by atoms with Crippen LogP contribution in [-0.4, -0.2) is 35.2 Å². The average Bonchev–Trinajstić information content (AvgIpc) is 3.54. The molecule has 3 N–H and O–H groups in total. The highest BCUT2D eigenvalue weighted by Crippen LogP contribution is 2.24. The Hall–Kier alpha value is -2.98. The van der Waals surface area contributed by atoms with Crippen LogP contribution >= 0.6 is 11.3 Å². The van der Waals surface area contributed by atoms with E-state index in [0.717, 1.165) is 23.5 Å². The fourth-order valence-electron chi connectivity index (χ4n) is 3.64. The van der Waals surface area contributed by atoms with Crippen molar-refractivity contribution in [2.45, 2.75) is 43.4 Å². The fraction of sp³-hybridized carbons (Fsp3) is 0.269. The van der Waals surface area contributed by atoms with Gasteiger partial charge in [-0.05, 0) is 61.5 Å². The van der Waals surface area contributed by atoms with E-state index in [0.29, 0.717) is 17.8 Å². The molecular weight excluding hydrogens is 480 g/mol. The van der Waals surface area contributed by atoms with E-state index >= 15 is 0 Å². The van der Waals surface area contributed by atoms with Crippen LogP contribution in [0.15, 0.2) is 89.5 Å². The summed E-state index contributed by atoms with van der Waals surface area (Å²) in [5.41, 5.74) is 1.80. The molecule has 1 atom stereocenters. The van der Waals surface area contributed by atoms with Gasteiger partial charge in [-0.3, -0.25) is 4.72 Å². The highest BCUT2D eigenvalue weighted by Gasteiger charge is 2.20. The van der Waals surface area contributed by atoms with E-state index in [1.165, 1.54) is 0 Å². The van der Waals surface area contributed by atoms with Gasteiger partial charge in [0.2, 0.25) is 0 Å². The van der Waals surface area contributed by atoms with E-state index < -0.39 is 16.1 Å². The molecule has 0 aliphatic carbocycles. The monoisotopic (exact) mass is 510 g/mol. The molecule has 0 fully saturated rings. The van der Waals surface area contributed by atoms with Crippen LogP contribution in [-0.2, 0) is 16.6 Å². The molecule has 1 unspecified atom stereocenters. The number of aromatic nitrogens is 2. The van der Waals surface area contributed by atoms with Crippen LogP contribution in [0.1, 0.15) is 31.9 Å². The van der Waals surface area contributed by atoms with Gasteiger partial charge in [-0.15, -0.1) is 11.3 Å².